The predicted molar refractivity (Wildman–Crippen MR) is 100 cm³/mol. The maximum Gasteiger partial charge on any atom is 0.524 e. The lowest BCUT2D eigenvalue weighted by Crippen LogP contribution is -2.13. The smallest absolute Gasteiger partial charge is 0.506 e. The van der Waals surface area contributed by atoms with Crippen LogP contribution in [0, 0.1) is 0 Å². The molecule has 134 valence electrons. The van der Waals surface area contributed by atoms with Crippen molar-refractivity contribution in [2.24, 2.45) is 0 Å². The van der Waals surface area contributed by atoms with Gasteiger partial charge in [-0.05, 0) is 47.2 Å². The number of nitrogens with one attached hydrogen (secondary N) is 1. The molecule has 4 N–H and O–H groups in total. The predicted octanol–water partition coefficient (Wildman–Crippen LogP) is 4.03. The average Bonchev–Trinajstić information content (AvgIpc) is 2.55. The maximum atomic E-state index is 12.6. The Morgan fingerprint density at radius 1 is 1.04 bits per heavy atom. The molecule has 1 amide bonds. The largest absolute Gasteiger partial charge is 0.524 e. The lowest BCUT2D eigenvalue weighted by molar-refractivity contribution is 0.102. The number of anilines is 1. The van der Waals surface area contributed by atoms with Crippen molar-refractivity contribution in [1.29, 1.82) is 0 Å². The van der Waals surface area contributed by atoms with Gasteiger partial charge in [-0.1, -0.05) is 34.1 Å². The fourth-order valence-corrected chi connectivity index (χ4v) is 3.18. The third-order valence-corrected chi connectivity index (χ3v) is 4.44. The summed E-state index contributed by atoms with van der Waals surface area (Å²) in [5.41, 5.74) is 0.0798. The van der Waals surface area contributed by atoms with Crippen LogP contribution in [0.5, 0.6) is 11.5 Å². The molecule has 0 aliphatic rings. The third kappa shape index (κ3) is 4.23. The van der Waals surface area contributed by atoms with E-state index in [1.807, 2.05) is 0 Å². The molecular weight excluding hydrogens is 425 g/mol. The van der Waals surface area contributed by atoms with Gasteiger partial charge in [0, 0.05) is 4.47 Å². The highest BCUT2D eigenvalue weighted by molar-refractivity contribution is 9.10. The highest BCUT2D eigenvalue weighted by Gasteiger charge is 2.23. The highest BCUT2D eigenvalue weighted by atomic mass is 79.9. The maximum absolute atomic E-state index is 12.6. The molecular formula is C17H13BrNO6P. The number of phenols is 1. The average molecular weight is 438 g/mol. The van der Waals surface area contributed by atoms with E-state index < -0.39 is 13.7 Å². The first-order valence-corrected chi connectivity index (χ1v) is 9.63. The number of fused-ring (bicyclic) bond motifs is 1. The van der Waals surface area contributed by atoms with Gasteiger partial charge in [0.1, 0.15) is 11.5 Å². The number of carbonyl (C=O) groups is 1. The summed E-state index contributed by atoms with van der Waals surface area (Å²) in [6.45, 7) is 0. The molecule has 0 bridgehead atoms. The fraction of sp³-hybridized carbons (Fsp3) is 0. The second kappa shape index (κ2) is 7.09. The van der Waals surface area contributed by atoms with E-state index in [9.17, 15) is 14.5 Å². The number of amides is 1. The molecule has 3 aromatic carbocycles. The zero-order valence-electron chi connectivity index (χ0n) is 13.1. The number of benzene rings is 3. The third-order valence-electron chi connectivity index (χ3n) is 3.51. The fourth-order valence-electron chi connectivity index (χ4n) is 2.40. The summed E-state index contributed by atoms with van der Waals surface area (Å²) in [7, 11) is -4.87. The van der Waals surface area contributed by atoms with Crippen LogP contribution in [0.25, 0.3) is 10.8 Å². The number of para-hydroxylation sites is 2. The first-order chi connectivity index (χ1) is 12.2. The number of aromatic hydroxyl groups is 1. The number of phosphoric acid groups is 1. The summed E-state index contributed by atoms with van der Waals surface area (Å²) < 4.78 is 16.7. The van der Waals surface area contributed by atoms with E-state index in [1.165, 1.54) is 24.3 Å². The van der Waals surface area contributed by atoms with Crippen LogP contribution in [-0.4, -0.2) is 20.8 Å². The number of hydrogen-bond acceptors (Lipinski definition) is 4. The number of phosphoric ester groups is 1. The lowest BCUT2D eigenvalue weighted by atomic mass is 10.1. The van der Waals surface area contributed by atoms with Gasteiger partial charge in [-0.15, -0.1) is 0 Å². The molecule has 0 aliphatic carbocycles. The molecule has 0 saturated carbocycles. The van der Waals surface area contributed by atoms with E-state index in [-0.39, 0.29) is 22.7 Å². The van der Waals surface area contributed by atoms with E-state index >= 15 is 0 Å². The Morgan fingerprint density at radius 2 is 1.77 bits per heavy atom. The first-order valence-electron chi connectivity index (χ1n) is 7.31. The van der Waals surface area contributed by atoms with Crippen LogP contribution in [0.2, 0.25) is 0 Å². The Labute approximate surface area is 156 Å². The van der Waals surface area contributed by atoms with Crippen molar-refractivity contribution in [3.8, 4) is 11.5 Å². The second-order valence-corrected chi connectivity index (χ2v) is 7.47. The Hall–Kier alpha value is -2.38. The minimum Gasteiger partial charge on any atom is -0.506 e. The quantitative estimate of drug-likeness (QED) is 0.361. The summed E-state index contributed by atoms with van der Waals surface area (Å²) in [5, 5.41) is 13.6. The Morgan fingerprint density at radius 3 is 2.46 bits per heavy atom. The Kier molecular flexibility index (Phi) is 5.02. The van der Waals surface area contributed by atoms with Crippen molar-refractivity contribution in [2.75, 3.05) is 5.32 Å². The SMILES string of the molecule is O=C(Nc1ccccc1O)c1cc2cc(Br)ccc2cc1OP(=O)(O)O. The van der Waals surface area contributed by atoms with Gasteiger partial charge in [-0.3, -0.25) is 14.6 Å². The zero-order valence-corrected chi connectivity index (χ0v) is 15.6. The standard InChI is InChI=1S/C17H13BrNO6P/c18-12-6-5-10-9-16(25-26(22,23)24)13(8-11(10)7-12)17(21)19-14-3-1-2-4-15(14)20/h1-9,20H,(H,19,21)(H2,22,23,24). The topological polar surface area (TPSA) is 116 Å². The van der Waals surface area contributed by atoms with E-state index in [2.05, 4.69) is 21.2 Å². The molecule has 0 atom stereocenters. The van der Waals surface area contributed by atoms with Gasteiger partial charge in [-0.2, -0.15) is 0 Å². The Bertz CT molecular complexity index is 1050. The molecule has 0 fully saturated rings. The minimum atomic E-state index is -4.87. The van der Waals surface area contributed by atoms with Crippen molar-refractivity contribution in [1.82, 2.24) is 0 Å². The Balaban J connectivity index is 2.09. The number of hydrogen-bond donors (Lipinski definition) is 4. The molecule has 0 radical (unpaired) electrons. The second-order valence-electron chi connectivity index (χ2n) is 5.39. The van der Waals surface area contributed by atoms with Gasteiger partial charge in [-0.25, -0.2) is 4.57 Å². The molecule has 0 spiro atoms. The molecule has 0 aliphatic heterocycles. The summed E-state index contributed by atoms with van der Waals surface area (Å²) in [4.78, 5) is 30.9. The normalized spacial score (nSPS) is 11.3. The zero-order chi connectivity index (χ0) is 18.9. The van der Waals surface area contributed by atoms with Crippen LogP contribution in [0.15, 0.2) is 59.1 Å². The van der Waals surface area contributed by atoms with Gasteiger partial charge < -0.3 is 14.9 Å². The van der Waals surface area contributed by atoms with Crippen molar-refractivity contribution in [3.63, 3.8) is 0 Å². The van der Waals surface area contributed by atoms with Crippen molar-refractivity contribution >= 4 is 46.1 Å². The number of carbonyl (C=O) groups excluding carboxylic acids is 1. The van der Waals surface area contributed by atoms with E-state index in [4.69, 9.17) is 14.3 Å². The molecule has 7 nitrogen and oxygen atoms in total. The van der Waals surface area contributed by atoms with E-state index in [0.717, 1.165) is 4.47 Å². The van der Waals surface area contributed by atoms with E-state index in [0.29, 0.717) is 10.8 Å². The van der Waals surface area contributed by atoms with Gasteiger partial charge in [0.05, 0.1) is 11.3 Å². The first kappa shape index (κ1) is 18.4. The van der Waals surface area contributed by atoms with Crippen molar-refractivity contribution < 1.29 is 28.8 Å². The van der Waals surface area contributed by atoms with Crippen LogP contribution < -0.4 is 9.84 Å². The molecule has 0 saturated heterocycles. The van der Waals surface area contributed by atoms with Crippen molar-refractivity contribution in [2.45, 2.75) is 0 Å². The van der Waals surface area contributed by atoms with Gasteiger partial charge in [0.25, 0.3) is 5.91 Å². The monoisotopic (exact) mass is 437 g/mol. The van der Waals surface area contributed by atoms with E-state index in [1.54, 1.807) is 30.3 Å². The highest BCUT2D eigenvalue weighted by Crippen LogP contribution is 2.41. The van der Waals surface area contributed by atoms with Gasteiger partial charge >= 0.3 is 7.82 Å². The summed E-state index contributed by atoms with van der Waals surface area (Å²) >= 11 is 3.34. The molecule has 3 rings (SSSR count). The van der Waals surface area contributed by atoms with Crippen LogP contribution in [-0.2, 0) is 4.57 Å². The minimum absolute atomic E-state index is 0.0813. The molecule has 0 aromatic heterocycles. The van der Waals surface area contributed by atoms with Gasteiger partial charge in [0.15, 0.2) is 0 Å². The van der Waals surface area contributed by atoms with Crippen LogP contribution in [0.3, 0.4) is 0 Å². The molecule has 0 heterocycles. The number of rotatable bonds is 4. The van der Waals surface area contributed by atoms with Crippen LogP contribution in [0.4, 0.5) is 5.69 Å². The number of halogens is 1. The molecule has 26 heavy (non-hydrogen) atoms. The van der Waals surface area contributed by atoms with Crippen LogP contribution >= 0.6 is 23.8 Å². The molecule has 9 heteroatoms. The lowest BCUT2D eigenvalue weighted by Gasteiger charge is -2.14. The summed E-state index contributed by atoms with van der Waals surface area (Å²) in [5.74, 6) is -1.08. The number of phenolic OH excluding ortho intramolecular Hbond substituents is 1. The molecule has 3 aromatic rings. The van der Waals surface area contributed by atoms with Crippen LogP contribution in [0.1, 0.15) is 10.4 Å². The van der Waals surface area contributed by atoms with Gasteiger partial charge in [0.2, 0.25) is 0 Å². The summed E-state index contributed by atoms with van der Waals surface area (Å²) in [6.07, 6.45) is 0. The van der Waals surface area contributed by atoms with Crippen molar-refractivity contribution in [3.05, 3.63) is 64.6 Å². The summed E-state index contributed by atoms with van der Waals surface area (Å²) in [6, 6.07) is 14.2. The molecule has 0 unspecified atom stereocenters.